The molecule has 5 heteroatoms. The van der Waals surface area contributed by atoms with Gasteiger partial charge >= 0.3 is 0 Å². The minimum atomic E-state index is -0.583. The number of ether oxygens (including phenoxy) is 1. The van der Waals surface area contributed by atoms with E-state index in [2.05, 4.69) is 5.32 Å². The maximum Gasteiger partial charge on any atom is 0.142 e. The van der Waals surface area contributed by atoms with E-state index < -0.39 is 11.6 Å². The molecule has 0 aromatic heterocycles. The predicted octanol–water partition coefficient (Wildman–Crippen LogP) is 3.31. The fourth-order valence-corrected chi connectivity index (χ4v) is 2.62. The van der Waals surface area contributed by atoms with Gasteiger partial charge in [0, 0.05) is 24.8 Å². The van der Waals surface area contributed by atoms with Gasteiger partial charge in [-0.15, -0.1) is 0 Å². The smallest absolute Gasteiger partial charge is 0.142 e. The molecule has 0 radical (unpaired) electrons. The lowest BCUT2D eigenvalue weighted by atomic mass is 9.87. The first kappa shape index (κ1) is 13.7. The van der Waals surface area contributed by atoms with Crippen LogP contribution in [0.3, 0.4) is 0 Å². The van der Waals surface area contributed by atoms with E-state index in [0.717, 1.165) is 18.9 Å². The van der Waals surface area contributed by atoms with Gasteiger partial charge in [-0.3, -0.25) is 0 Å². The number of hydrogen-bond donors (Lipinski definition) is 1. The Labute approximate surface area is 110 Å². The molecule has 0 bridgehead atoms. The Balaban J connectivity index is 2.28. The van der Waals surface area contributed by atoms with E-state index in [0.29, 0.717) is 18.8 Å². The molecule has 2 nitrogen and oxygen atoms in total. The highest BCUT2D eigenvalue weighted by atomic mass is 35.5. The zero-order valence-electron chi connectivity index (χ0n) is 10.2. The minimum absolute atomic E-state index is 0.182. The van der Waals surface area contributed by atoms with Crippen molar-refractivity contribution >= 4 is 11.6 Å². The van der Waals surface area contributed by atoms with Gasteiger partial charge in [0.25, 0.3) is 0 Å². The third-order valence-corrected chi connectivity index (χ3v) is 3.71. The molecule has 0 amide bonds. The first-order valence-electron chi connectivity index (χ1n) is 6.03. The van der Waals surface area contributed by atoms with Crippen molar-refractivity contribution in [1.82, 2.24) is 5.32 Å². The summed E-state index contributed by atoms with van der Waals surface area (Å²) in [4.78, 5) is 0. The van der Waals surface area contributed by atoms with Crippen LogP contribution in [-0.2, 0) is 4.74 Å². The molecule has 1 aliphatic rings. The Morgan fingerprint density at radius 2 is 1.94 bits per heavy atom. The maximum atomic E-state index is 13.9. The van der Waals surface area contributed by atoms with Crippen LogP contribution in [0.15, 0.2) is 12.1 Å². The van der Waals surface area contributed by atoms with Crippen LogP contribution in [0.5, 0.6) is 0 Å². The van der Waals surface area contributed by atoms with E-state index in [-0.39, 0.29) is 17.0 Å². The molecule has 0 aliphatic carbocycles. The highest BCUT2D eigenvalue weighted by molar-refractivity contribution is 6.30. The number of benzene rings is 1. The summed E-state index contributed by atoms with van der Waals surface area (Å²) in [5.41, 5.74) is 0.339. The summed E-state index contributed by atoms with van der Waals surface area (Å²) in [6, 6.07) is 2.02. The van der Waals surface area contributed by atoms with Crippen molar-refractivity contribution in [3.63, 3.8) is 0 Å². The van der Waals surface area contributed by atoms with Gasteiger partial charge in [0.15, 0.2) is 0 Å². The summed E-state index contributed by atoms with van der Waals surface area (Å²) in [7, 11) is 1.76. The van der Waals surface area contributed by atoms with Gasteiger partial charge in [0.1, 0.15) is 11.6 Å². The monoisotopic (exact) mass is 275 g/mol. The zero-order chi connectivity index (χ0) is 13.1. The van der Waals surface area contributed by atoms with Gasteiger partial charge in [-0.25, -0.2) is 8.78 Å². The molecule has 1 unspecified atom stereocenters. The van der Waals surface area contributed by atoms with Gasteiger partial charge in [-0.2, -0.15) is 0 Å². The average molecular weight is 276 g/mol. The standard InChI is InChI=1S/C13H16ClF2NO/c1-17-13(8-2-4-18-5-3-8)9-6-12(16)10(14)7-11(9)15/h6-8,13,17H,2-5H2,1H3. The number of hydrogen-bond acceptors (Lipinski definition) is 2. The molecule has 1 aromatic carbocycles. The third-order valence-electron chi connectivity index (χ3n) is 3.42. The Hall–Kier alpha value is -0.710. The van der Waals surface area contributed by atoms with Crippen molar-refractivity contribution in [3.8, 4) is 0 Å². The lowest BCUT2D eigenvalue weighted by Crippen LogP contribution is -2.30. The topological polar surface area (TPSA) is 21.3 Å². The van der Waals surface area contributed by atoms with E-state index in [1.54, 1.807) is 7.05 Å². The van der Waals surface area contributed by atoms with Crippen LogP contribution in [-0.4, -0.2) is 20.3 Å². The molecule has 0 spiro atoms. The predicted molar refractivity (Wildman–Crippen MR) is 66.7 cm³/mol. The fraction of sp³-hybridized carbons (Fsp3) is 0.538. The largest absolute Gasteiger partial charge is 0.381 e. The second kappa shape index (κ2) is 5.95. The van der Waals surface area contributed by atoms with Crippen LogP contribution in [0, 0.1) is 17.6 Å². The van der Waals surface area contributed by atoms with Crippen LogP contribution in [0.1, 0.15) is 24.4 Å². The van der Waals surface area contributed by atoms with Crippen molar-refractivity contribution in [3.05, 3.63) is 34.4 Å². The summed E-state index contributed by atoms with van der Waals surface area (Å²) < 4.78 is 32.7. The van der Waals surface area contributed by atoms with Crippen LogP contribution in [0.4, 0.5) is 8.78 Å². The summed E-state index contributed by atoms with van der Waals surface area (Å²) >= 11 is 5.56. The maximum absolute atomic E-state index is 13.9. The van der Waals surface area contributed by atoms with Crippen LogP contribution in [0.2, 0.25) is 5.02 Å². The van der Waals surface area contributed by atoms with Crippen molar-refractivity contribution in [2.75, 3.05) is 20.3 Å². The SMILES string of the molecule is CNC(c1cc(F)c(Cl)cc1F)C1CCOCC1. The Bertz CT molecular complexity index is 422. The molecule has 1 atom stereocenters. The van der Waals surface area contributed by atoms with Crippen LogP contribution in [0.25, 0.3) is 0 Å². The molecule has 1 fully saturated rings. The molecule has 1 aliphatic heterocycles. The van der Waals surface area contributed by atoms with E-state index in [1.165, 1.54) is 6.07 Å². The van der Waals surface area contributed by atoms with Gasteiger partial charge < -0.3 is 10.1 Å². The van der Waals surface area contributed by atoms with Crippen LogP contribution >= 0.6 is 11.6 Å². The van der Waals surface area contributed by atoms with Crippen molar-refractivity contribution in [2.45, 2.75) is 18.9 Å². The first-order chi connectivity index (χ1) is 8.63. The van der Waals surface area contributed by atoms with E-state index in [1.807, 2.05) is 0 Å². The second-order valence-corrected chi connectivity index (χ2v) is 4.91. The number of halogens is 3. The molecule has 1 N–H and O–H groups in total. The fourth-order valence-electron chi connectivity index (χ4n) is 2.47. The number of nitrogens with one attached hydrogen (secondary N) is 1. The van der Waals surface area contributed by atoms with Gasteiger partial charge in [-0.05, 0) is 37.9 Å². The highest BCUT2D eigenvalue weighted by Gasteiger charge is 2.27. The lowest BCUT2D eigenvalue weighted by Gasteiger charge is -2.30. The van der Waals surface area contributed by atoms with E-state index in [4.69, 9.17) is 16.3 Å². The van der Waals surface area contributed by atoms with Crippen molar-refractivity contribution in [2.24, 2.45) is 5.92 Å². The quantitative estimate of drug-likeness (QED) is 0.855. The molecule has 2 rings (SSSR count). The third kappa shape index (κ3) is 2.82. The minimum Gasteiger partial charge on any atom is -0.381 e. The lowest BCUT2D eigenvalue weighted by molar-refractivity contribution is 0.0541. The highest BCUT2D eigenvalue weighted by Crippen LogP contribution is 2.33. The van der Waals surface area contributed by atoms with Crippen molar-refractivity contribution < 1.29 is 13.5 Å². The average Bonchev–Trinajstić information content (AvgIpc) is 2.38. The van der Waals surface area contributed by atoms with E-state index in [9.17, 15) is 8.78 Å². The van der Waals surface area contributed by atoms with Gasteiger partial charge in [-0.1, -0.05) is 11.6 Å². The Morgan fingerprint density at radius 3 is 2.56 bits per heavy atom. The summed E-state index contributed by atoms with van der Waals surface area (Å²) in [5.74, 6) is -0.800. The molecule has 1 saturated heterocycles. The van der Waals surface area contributed by atoms with Gasteiger partial charge in [0.2, 0.25) is 0 Å². The molecule has 0 saturated carbocycles. The second-order valence-electron chi connectivity index (χ2n) is 4.50. The molecule has 18 heavy (non-hydrogen) atoms. The molecular weight excluding hydrogens is 260 g/mol. The number of rotatable bonds is 3. The van der Waals surface area contributed by atoms with Crippen molar-refractivity contribution in [1.29, 1.82) is 0 Å². The normalized spacial score (nSPS) is 18.9. The summed E-state index contributed by atoms with van der Waals surface area (Å²) in [6.45, 7) is 1.33. The Kier molecular flexibility index (Phi) is 4.54. The molecule has 1 aromatic rings. The first-order valence-corrected chi connectivity index (χ1v) is 6.40. The van der Waals surface area contributed by atoms with Crippen LogP contribution < -0.4 is 5.32 Å². The van der Waals surface area contributed by atoms with Gasteiger partial charge in [0.05, 0.1) is 5.02 Å². The summed E-state index contributed by atoms with van der Waals surface area (Å²) in [6.07, 6.45) is 1.68. The van der Waals surface area contributed by atoms with E-state index >= 15 is 0 Å². The molecular formula is C13H16ClF2NO. The molecule has 100 valence electrons. The zero-order valence-corrected chi connectivity index (χ0v) is 10.9. The summed E-state index contributed by atoms with van der Waals surface area (Å²) in [5, 5.41) is 2.89. The molecule has 1 heterocycles. The Morgan fingerprint density at radius 1 is 1.28 bits per heavy atom.